The lowest BCUT2D eigenvalue weighted by Gasteiger charge is -2.28. The molecule has 0 unspecified atom stereocenters. The Bertz CT molecular complexity index is 1600. The van der Waals surface area contributed by atoms with Gasteiger partial charge in [-0.2, -0.15) is 0 Å². The van der Waals surface area contributed by atoms with Gasteiger partial charge in [0.05, 0.1) is 9.79 Å². The first-order valence-corrected chi connectivity index (χ1v) is 14.4. The molecule has 2 N–H and O–H groups in total. The van der Waals surface area contributed by atoms with Crippen molar-refractivity contribution in [2.75, 3.05) is 10.6 Å². The predicted molar refractivity (Wildman–Crippen MR) is 147 cm³/mol. The average molecular weight is 561 g/mol. The summed E-state index contributed by atoms with van der Waals surface area (Å²) in [6.07, 6.45) is 3.53. The molecule has 10 nitrogen and oxygen atoms in total. The molecule has 4 aromatic rings. The Morgan fingerprint density at radius 2 is 1.55 bits per heavy atom. The summed E-state index contributed by atoms with van der Waals surface area (Å²) in [6, 6.07) is 21.9. The van der Waals surface area contributed by atoms with E-state index in [1.807, 2.05) is 24.3 Å². The van der Waals surface area contributed by atoms with Crippen molar-refractivity contribution in [3.63, 3.8) is 0 Å². The number of nitrogens with zero attached hydrogens (tertiary/aromatic N) is 2. The normalized spacial score (nSPS) is 17.1. The van der Waals surface area contributed by atoms with Crippen molar-refractivity contribution in [1.82, 2.24) is 10.2 Å². The molecular formula is C29H28N4O6S. The van der Waals surface area contributed by atoms with E-state index < -0.39 is 15.7 Å². The van der Waals surface area contributed by atoms with Gasteiger partial charge in [0.25, 0.3) is 0 Å². The van der Waals surface area contributed by atoms with E-state index in [1.54, 1.807) is 30.3 Å². The molecule has 5 rings (SSSR count). The SMILES string of the molecule is CC(=O)OC1CCC(c2ccc(NC(=O)c3nnc(Nc4cccc(S(=O)(=O)c5ccccc5)c4)o3)cc2)CC1. The maximum Gasteiger partial charge on any atom is 0.320 e. The summed E-state index contributed by atoms with van der Waals surface area (Å²) in [5.41, 5.74) is 2.15. The molecule has 1 amide bonds. The predicted octanol–water partition coefficient (Wildman–Crippen LogP) is 5.49. The first-order chi connectivity index (χ1) is 19.3. The highest BCUT2D eigenvalue weighted by Crippen LogP contribution is 2.34. The minimum absolute atomic E-state index is 0.00707. The maximum absolute atomic E-state index is 12.9. The van der Waals surface area contributed by atoms with Crippen LogP contribution in [0.5, 0.6) is 0 Å². The smallest absolute Gasteiger partial charge is 0.320 e. The van der Waals surface area contributed by atoms with Crippen LogP contribution in [0.3, 0.4) is 0 Å². The molecule has 40 heavy (non-hydrogen) atoms. The van der Waals surface area contributed by atoms with Gasteiger partial charge in [0.1, 0.15) is 6.10 Å². The van der Waals surface area contributed by atoms with E-state index in [1.165, 1.54) is 36.8 Å². The molecule has 11 heteroatoms. The summed E-state index contributed by atoms with van der Waals surface area (Å²) in [4.78, 5) is 24.1. The highest BCUT2D eigenvalue weighted by molar-refractivity contribution is 7.91. The summed E-state index contributed by atoms with van der Waals surface area (Å²) in [6.45, 7) is 1.44. The molecule has 206 valence electrons. The van der Waals surface area contributed by atoms with Gasteiger partial charge in [0, 0.05) is 18.3 Å². The van der Waals surface area contributed by atoms with Crippen LogP contribution < -0.4 is 10.6 Å². The van der Waals surface area contributed by atoms with Gasteiger partial charge < -0.3 is 19.8 Å². The van der Waals surface area contributed by atoms with Gasteiger partial charge in [-0.3, -0.25) is 9.59 Å². The Kier molecular flexibility index (Phi) is 7.92. The van der Waals surface area contributed by atoms with E-state index in [4.69, 9.17) is 9.15 Å². The molecule has 1 aliphatic carbocycles. The number of nitrogens with one attached hydrogen (secondary N) is 2. The third kappa shape index (κ3) is 6.37. The lowest BCUT2D eigenvalue weighted by atomic mass is 9.82. The molecule has 1 aliphatic rings. The molecule has 1 saturated carbocycles. The van der Waals surface area contributed by atoms with Crippen molar-refractivity contribution in [2.24, 2.45) is 0 Å². The Labute approximate surface area is 231 Å². The van der Waals surface area contributed by atoms with Gasteiger partial charge >= 0.3 is 23.8 Å². The van der Waals surface area contributed by atoms with Crippen molar-refractivity contribution in [3.8, 4) is 0 Å². The summed E-state index contributed by atoms with van der Waals surface area (Å²) >= 11 is 0. The van der Waals surface area contributed by atoms with Crippen LogP contribution in [0.25, 0.3) is 0 Å². The van der Waals surface area contributed by atoms with Crippen LogP contribution in [0.2, 0.25) is 0 Å². The van der Waals surface area contributed by atoms with Crippen LogP contribution in [-0.4, -0.2) is 36.6 Å². The van der Waals surface area contributed by atoms with E-state index >= 15 is 0 Å². The number of carbonyl (C=O) groups excluding carboxylic acids is 2. The Morgan fingerprint density at radius 3 is 2.25 bits per heavy atom. The van der Waals surface area contributed by atoms with Gasteiger partial charge in [-0.05, 0) is 79.6 Å². The van der Waals surface area contributed by atoms with E-state index in [2.05, 4.69) is 20.8 Å². The molecule has 0 radical (unpaired) electrons. The molecule has 0 bridgehead atoms. The summed E-state index contributed by atoms with van der Waals surface area (Å²) in [7, 11) is -3.70. The van der Waals surface area contributed by atoms with Crippen molar-refractivity contribution in [3.05, 3.63) is 90.3 Å². The Balaban J connectivity index is 1.18. The number of rotatable bonds is 8. The number of hydrogen-bond acceptors (Lipinski definition) is 9. The van der Waals surface area contributed by atoms with Crippen molar-refractivity contribution in [2.45, 2.75) is 54.4 Å². The van der Waals surface area contributed by atoms with E-state index in [0.29, 0.717) is 17.3 Å². The van der Waals surface area contributed by atoms with Gasteiger partial charge in [-0.25, -0.2) is 8.42 Å². The van der Waals surface area contributed by atoms with Crippen molar-refractivity contribution in [1.29, 1.82) is 0 Å². The van der Waals surface area contributed by atoms with Gasteiger partial charge in [-0.15, -0.1) is 5.10 Å². The highest BCUT2D eigenvalue weighted by atomic mass is 32.2. The largest absolute Gasteiger partial charge is 0.463 e. The molecular weight excluding hydrogens is 532 g/mol. The third-order valence-electron chi connectivity index (χ3n) is 6.72. The number of ether oxygens (including phenoxy) is 1. The summed E-state index contributed by atoms with van der Waals surface area (Å²) in [5, 5.41) is 13.2. The lowest BCUT2D eigenvalue weighted by molar-refractivity contribution is -0.147. The average Bonchev–Trinajstić information content (AvgIpc) is 3.43. The fraction of sp³-hybridized carbons (Fsp3) is 0.241. The molecule has 1 fully saturated rings. The molecule has 0 saturated heterocycles. The number of amides is 1. The van der Waals surface area contributed by atoms with Crippen LogP contribution in [0, 0.1) is 0 Å². The molecule has 0 atom stereocenters. The number of carbonyl (C=O) groups is 2. The monoisotopic (exact) mass is 560 g/mol. The second-order valence-electron chi connectivity index (χ2n) is 9.54. The first-order valence-electron chi connectivity index (χ1n) is 12.9. The van der Waals surface area contributed by atoms with Crippen LogP contribution in [0.4, 0.5) is 17.4 Å². The number of aromatic nitrogens is 2. The molecule has 1 heterocycles. The van der Waals surface area contributed by atoms with Gasteiger partial charge in [0.2, 0.25) is 9.84 Å². The fourth-order valence-electron chi connectivity index (χ4n) is 4.74. The standard InChI is InChI=1S/C29H28N4O6S/c1-19(34)38-24-16-12-21(13-17-24)20-10-14-22(15-11-20)30-27(35)28-32-33-29(39-28)31-23-6-5-9-26(18-23)40(36,37)25-7-3-2-4-8-25/h2-11,14-15,18,21,24H,12-13,16-17H2,1H3,(H,30,35)(H,31,33). The zero-order chi connectivity index (χ0) is 28.1. The lowest BCUT2D eigenvalue weighted by Crippen LogP contribution is -2.22. The number of benzene rings is 3. The number of sulfone groups is 1. The molecule has 3 aromatic carbocycles. The van der Waals surface area contributed by atoms with Crippen LogP contribution in [0.1, 0.15) is 54.8 Å². The van der Waals surface area contributed by atoms with Crippen LogP contribution in [-0.2, 0) is 19.4 Å². The Hall–Kier alpha value is -4.51. The maximum atomic E-state index is 12.9. The van der Waals surface area contributed by atoms with Crippen molar-refractivity contribution < 1.29 is 27.2 Å². The van der Waals surface area contributed by atoms with Gasteiger partial charge in [0.15, 0.2) is 0 Å². The van der Waals surface area contributed by atoms with Crippen LogP contribution >= 0.6 is 0 Å². The zero-order valence-electron chi connectivity index (χ0n) is 21.7. The second-order valence-corrected chi connectivity index (χ2v) is 11.5. The summed E-state index contributed by atoms with van der Waals surface area (Å²) in [5.74, 6) is -0.683. The molecule has 1 aromatic heterocycles. The number of hydrogen-bond donors (Lipinski definition) is 2. The van der Waals surface area contributed by atoms with E-state index in [-0.39, 0.29) is 33.8 Å². The minimum Gasteiger partial charge on any atom is -0.463 e. The second kappa shape index (κ2) is 11.7. The molecule has 0 spiro atoms. The first kappa shape index (κ1) is 27.1. The zero-order valence-corrected chi connectivity index (χ0v) is 22.6. The topological polar surface area (TPSA) is 140 Å². The van der Waals surface area contributed by atoms with Crippen LogP contribution in [0.15, 0.2) is 93.1 Å². The number of esters is 1. The minimum atomic E-state index is -3.70. The van der Waals surface area contributed by atoms with E-state index in [9.17, 15) is 18.0 Å². The van der Waals surface area contributed by atoms with Gasteiger partial charge in [-0.1, -0.05) is 41.5 Å². The van der Waals surface area contributed by atoms with Crippen molar-refractivity contribution >= 4 is 39.1 Å². The summed E-state index contributed by atoms with van der Waals surface area (Å²) < 4.78 is 36.6. The quantitative estimate of drug-likeness (QED) is 0.268. The fourth-order valence-corrected chi connectivity index (χ4v) is 6.07. The Morgan fingerprint density at radius 1 is 0.850 bits per heavy atom. The van der Waals surface area contributed by atoms with E-state index in [0.717, 1.165) is 25.7 Å². The highest BCUT2D eigenvalue weighted by Gasteiger charge is 2.24. The third-order valence-corrected chi connectivity index (χ3v) is 8.48. The number of anilines is 3. The molecule has 0 aliphatic heterocycles.